The fourth-order valence-corrected chi connectivity index (χ4v) is 19.0. The van der Waals surface area contributed by atoms with Gasteiger partial charge in [0.1, 0.15) is 34.0 Å². The lowest BCUT2D eigenvalue weighted by atomic mass is 9.80. The van der Waals surface area contributed by atoms with Crippen LogP contribution in [0.4, 0.5) is 4.39 Å². The van der Waals surface area contributed by atoms with Crippen molar-refractivity contribution >= 4 is 0 Å². The highest BCUT2D eigenvalue weighted by molar-refractivity contribution is 5.92. The van der Waals surface area contributed by atoms with Crippen LogP contribution in [0.1, 0.15) is 166 Å². The maximum atomic E-state index is 13.4. The van der Waals surface area contributed by atoms with E-state index in [1.807, 2.05) is 43.7 Å². The van der Waals surface area contributed by atoms with Gasteiger partial charge in [-0.1, -0.05) is 194 Å². The summed E-state index contributed by atoms with van der Waals surface area (Å²) in [6.45, 7) is 37.2. The second-order valence-corrected chi connectivity index (χ2v) is 35.5. The molecule has 0 aliphatic heterocycles. The molecule has 8 heterocycles. The van der Waals surface area contributed by atoms with Gasteiger partial charge in [0.15, 0.2) is 24.8 Å². The van der Waals surface area contributed by atoms with E-state index in [1.165, 1.54) is 168 Å². The van der Waals surface area contributed by atoms with Crippen LogP contribution in [-0.2, 0) is 49.9 Å². The molecule has 0 bridgehead atoms. The first kappa shape index (κ1) is 75.7. The molecule has 9 heteroatoms. The molecule has 588 valence electrons. The number of hydrogen-bond donors (Lipinski definition) is 0. The number of pyridine rings is 8. The molecule has 4 aliphatic carbocycles. The number of nitrogens with zero attached hydrogens (tertiary/aromatic N) is 8. The van der Waals surface area contributed by atoms with E-state index >= 15 is 0 Å². The summed E-state index contributed by atoms with van der Waals surface area (Å²) in [6.07, 6.45) is 8.19. The van der Waals surface area contributed by atoms with E-state index in [1.54, 1.807) is 6.20 Å². The Bertz CT molecular complexity index is 6520. The van der Waals surface area contributed by atoms with Gasteiger partial charge in [0.2, 0.25) is 22.8 Å². The van der Waals surface area contributed by atoms with Crippen LogP contribution in [0.25, 0.3) is 123 Å². The van der Waals surface area contributed by atoms with E-state index < -0.39 is 6.85 Å². The molecule has 8 aromatic heterocycles. The zero-order valence-corrected chi connectivity index (χ0v) is 72.5. The molecule has 0 saturated carbocycles. The number of benzene rings is 7. The van der Waals surface area contributed by atoms with Crippen molar-refractivity contribution in [1.82, 2.24) is 19.9 Å². The average Bonchev–Trinajstić information content (AvgIpc) is 1.58. The highest BCUT2D eigenvalue weighted by atomic mass is 19.1. The first-order valence-electron chi connectivity index (χ1n) is 42.7. The lowest BCUT2D eigenvalue weighted by Crippen LogP contribution is -2.32. The van der Waals surface area contributed by atoms with Crippen LogP contribution in [0.2, 0.25) is 0 Å². The van der Waals surface area contributed by atoms with Crippen LogP contribution in [-0.4, -0.2) is 19.9 Å². The van der Waals surface area contributed by atoms with Crippen molar-refractivity contribution in [3.8, 4) is 123 Å². The van der Waals surface area contributed by atoms with E-state index in [-0.39, 0.29) is 27.5 Å². The van der Waals surface area contributed by atoms with Gasteiger partial charge in [-0.3, -0.25) is 19.9 Å². The fraction of sp³-hybridized carbons (Fsp3) is 0.248. The SMILES string of the molecule is Cc1ccc(-c2cc[n+](C)c(-c3c(C)ccc4c3C(C)(C)c3nc(C)ccc3-4)c2)cc1.Cc1ccc2c(n1)C(C)(C)c1c-2ccc(C)c1-c1cc(-c2ccc(F)cc2)cc[n+]1C.Cc1ccc2c(n1)C(C)(C)c1c-2ccc(C)c1-c1cc(-c2ccccc2)cc[n+]1C.[2H]C([2H])([2H])c1c[n+](C)c(-c2cc3c(cc2C)-c2ccc(C)nc2C3(C)C)cc1C. The molecule has 0 N–H and O–H groups in total. The van der Waals surface area contributed by atoms with Gasteiger partial charge in [0.05, 0.1) is 39.5 Å². The Morgan fingerprint density at radius 2 is 0.627 bits per heavy atom. The highest BCUT2D eigenvalue weighted by Gasteiger charge is 2.45. The average molecular weight is 1550 g/mol. The van der Waals surface area contributed by atoms with E-state index in [0.29, 0.717) is 5.56 Å². The fourth-order valence-electron chi connectivity index (χ4n) is 19.0. The number of halogens is 1. The van der Waals surface area contributed by atoms with Crippen LogP contribution in [0, 0.1) is 81.9 Å². The van der Waals surface area contributed by atoms with Crippen molar-refractivity contribution in [3.05, 3.63) is 356 Å². The molecule has 19 rings (SSSR count). The van der Waals surface area contributed by atoms with Gasteiger partial charge in [-0.2, -0.15) is 0 Å². The second-order valence-electron chi connectivity index (χ2n) is 35.5. The van der Waals surface area contributed by atoms with Crippen LogP contribution >= 0.6 is 0 Å². The molecule has 0 spiro atoms. The maximum absolute atomic E-state index is 13.4. The third-order valence-corrected chi connectivity index (χ3v) is 25.5. The van der Waals surface area contributed by atoms with Gasteiger partial charge >= 0.3 is 0 Å². The van der Waals surface area contributed by atoms with Gasteiger partial charge in [0, 0.05) is 124 Å². The largest absolute Gasteiger partial charge is 0.257 e. The molecule has 7 aromatic carbocycles. The zero-order valence-electron chi connectivity index (χ0n) is 75.5. The van der Waals surface area contributed by atoms with Crippen LogP contribution in [0.15, 0.2) is 243 Å². The quantitative estimate of drug-likeness (QED) is 0.149. The summed E-state index contributed by atoms with van der Waals surface area (Å²) in [4.78, 5) is 19.7. The minimum absolute atomic E-state index is 0.145. The zero-order chi connectivity index (χ0) is 86.2. The Morgan fingerprint density at radius 1 is 0.280 bits per heavy atom. The molecule has 4 aliphatic rings. The third kappa shape index (κ3) is 13.8. The lowest BCUT2D eigenvalue weighted by molar-refractivity contribution is -0.660. The minimum atomic E-state index is -2.11. The van der Waals surface area contributed by atoms with Crippen molar-refractivity contribution in [2.75, 3.05) is 0 Å². The summed E-state index contributed by atoms with van der Waals surface area (Å²) >= 11 is 0. The molecule has 0 fully saturated rings. The summed E-state index contributed by atoms with van der Waals surface area (Å²) in [5.41, 5.74) is 47.9. The van der Waals surface area contributed by atoms with Crippen molar-refractivity contribution in [3.63, 3.8) is 0 Å². The van der Waals surface area contributed by atoms with E-state index in [2.05, 4.69) is 352 Å². The molecule has 0 saturated heterocycles. The molecular weight excluding hydrogens is 1440 g/mol. The van der Waals surface area contributed by atoms with Gasteiger partial charge in [-0.15, -0.1) is 0 Å². The first-order valence-corrected chi connectivity index (χ1v) is 41.2. The van der Waals surface area contributed by atoms with Crippen molar-refractivity contribution in [2.45, 2.75) is 153 Å². The Balaban J connectivity index is 0.000000120. The normalized spacial score (nSPS) is 14.3. The standard InChI is InChI=1S/C29H29N2.C28H26FN2.C28H27N2.C24H27N2/c1-18-7-11-21(12-8-18)22-15-16-31(6)25(17-22)26-19(2)9-13-23-24-14-10-20(3)30-28(24)29(4,5)27(23)26;1-17-6-12-22-23-13-7-18(2)30-27(23)28(3,4)26(22)25(17)24-16-20(14-15-31(24)5)19-8-10-21(29)11-9-19;1-18-11-13-22-23-14-12-19(2)29-27(23)28(3,4)26(22)25(18)24-17-21(15-16-30(24)5)20-9-7-6-8-10-20;1-14-11-22(26(7)13-16(14)3)19-12-21-20(10-15(19)2)18-9-8-17(4)25-23(18)24(21,5)6/h7-17H,1-6H3;6-16H,1-5H3;6-17H,1-5H3;8-13H,1-7H3/q4*+1/i;;;3D3. The smallest absolute Gasteiger partial charge is 0.213 e. The molecule has 0 radical (unpaired) electrons. The van der Waals surface area contributed by atoms with Crippen molar-refractivity contribution in [1.29, 1.82) is 0 Å². The summed E-state index contributed by atoms with van der Waals surface area (Å²) in [7, 11) is 8.28. The van der Waals surface area contributed by atoms with E-state index in [4.69, 9.17) is 24.0 Å². The van der Waals surface area contributed by atoms with E-state index in [0.717, 1.165) is 67.8 Å². The van der Waals surface area contributed by atoms with Crippen molar-refractivity contribution < 1.29 is 26.8 Å². The Morgan fingerprint density at radius 3 is 1.01 bits per heavy atom. The van der Waals surface area contributed by atoms with Crippen molar-refractivity contribution in [2.24, 2.45) is 28.2 Å². The molecule has 15 aromatic rings. The number of aromatic nitrogens is 8. The molecule has 8 nitrogen and oxygen atoms in total. The van der Waals surface area contributed by atoms with E-state index in [9.17, 15) is 4.39 Å². The predicted molar refractivity (Wildman–Crippen MR) is 482 cm³/mol. The summed E-state index contributed by atoms with van der Waals surface area (Å²) < 4.78 is 45.4. The molecule has 118 heavy (non-hydrogen) atoms. The Kier molecular flexibility index (Phi) is 19.2. The van der Waals surface area contributed by atoms with Crippen LogP contribution < -0.4 is 18.3 Å². The summed E-state index contributed by atoms with van der Waals surface area (Å²) in [5, 5.41) is 0. The van der Waals surface area contributed by atoms with Gasteiger partial charge in [-0.05, 0) is 224 Å². The Labute approximate surface area is 702 Å². The molecule has 0 amide bonds. The topological polar surface area (TPSA) is 67.1 Å². The monoisotopic (exact) mass is 1550 g/mol. The predicted octanol–water partition coefficient (Wildman–Crippen LogP) is 24.1. The third-order valence-electron chi connectivity index (χ3n) is 25.5. The number of hydrogen-bond acceptors (Lipinski definition) is 4. The number of fused-ring (bicyclic) bond motifs is 12. The van der Waals surface area contributed by atoms with Gasteiger partial charge in [0.25, 0.3) is 0 Å². The van der Waals surface area contributed by atoms with Crippen LogP contribution in [0.5, 0.6) is 0 Å². The van der Waals surface area contributed by atoms with Gasteiger partial charge < -0.3 is 0 Å². The summed E-state index contributed by atoms with van der Waals surface area (Å²) in [6, 6.07) is 76.8. The molecule has 0 unspecified atom stereocenters. The van der Waals surface area contributed by atoms with Gasteiger partial charge in [-0.25, -0.2) is 22.7 Å². The lowest BCUT2D eigenvalue weighted by Gasteiger charge is -2.24. The number of aryl methyl sites for hydroxylation is 15. The second kappa shape index (κ2) is 30.0. The van der Waals surface area contributed by atoms with Crippen LogP contribution in [0.3, 0.4) is 0 Å². The first-order chi connectivity index (χ1) is 57.3. The minimum Gasteiger partial charge on any atom is -0.257 e. The highest BCUT2D eigenvalue weighted by Crippen LogP contribution is 2.56. The Hall–Kier alpha value is -12.3. The summed E-state index contributed by atoms with van der Waals surface area (Å²) in [5.74, 6) is -0.218. The molecular formula is C109H109FN8+4. The maximum Gasteiger partial charge on any atom is 0.213 e. The molecule has 0 atom stereocenters. The number of rotatable bonds is 7.